The Morgan fingerprint density at radius 3 is 2.91 bits per heavy atom. The van der Waals surface area contributed by atoms with E-state index in [9.17, 15) is 8.42 Å². The first-order valence-electron chi connectivity index (χ1n) is 7.33. The molecule has 0 N–H and O–H groups in total. The summed E-state index contributed by atoms with van der Waals surface area (Å²) in [7, 11) is -3.26. The first kappa shape index (κ1) is 15.8. The van der Waals surface area contributed by atoms with E-state index in [1.54, 1.807) is 24.5 Å². The molecule has 0 saturated carbocycles. The average Bonchev–Trinajstić information content (AvgIpc) is 3.00. The lowest BCUT2D eigenvalue weighted by Crippen LogP contribution is -2.30. The fourth-order valence-corrected chi connectivity index (χ4v) is 3.83. The van der Waals surface area contributed by atoms with E-state index in [0.29, 0.717) is 23.9 Å². The smallest absolute Gasteiger partial charge is 0.238 e. The number of hydrogen-bond donors (Lipinski definition) is 0. The lowest BCUT2D eigenvalue weighted by atomic mass is 10.2. The van der Waals surface area contributed by atoms with E-state index in [2.05, 4.69) is 15.0 Å². The van der Waals surface area contributed by atoms with Crippen LogP contribution in [0.1, 0.15) is 30.3 Å². The molecule has 1 saturated heterocycles. The van der Waals surface area contributed by atoms with Crippen molar-refractivity contribution in [2.75, 3.05) is 12.8 Å². The van der Waals surface area contributed by atoms with E-state index < -0.39 is 10.0 Å². The molecular formula is C15H18N4O3S. The van der Waals surface area contributed by atoms with E-state index in [1.165, 1.54) is 16.8 Å². The average molecular weight is 334 g/mol. The van der Waals surface area contributed by atoms with Gasteiger partial charge in [0.15, 0.2) is 5.75 Å². The summed E-state index contributed by atoms with van der Waals surface area (Å²) in [5, 5.41) is 0. The predicted molar refractivity (Wildman–Crippen MR) is 84.6 cm³/mol. The second-order valence-electron chi connectivity index (χ2n) is 5.50. The minimum absolute atomic E-state index is 0.281. The number of nitrogens with zero attached hydrogens (tertiary/aromatic N) is 4. The molecule has 122 valence electrons. The van der Waals surface area contributed by atoms with Crippen molar-refractivity contribution in [2.45, 2.75) is 25.8 Å². The maximum atomic E-state index is 11.9. The Bertz CT molecular complexity index is 810. The molecule has 1 atom stereocenters. The number of sulfonamides is 1. The summed E-state index contributed by atoms with van der Waals surface area (Å²) in [6, 6.07) is 3.30. The van der Waals surface area contributed by atoms with Gasteiger partial charge in [0.2, 0.25) is 15.9 Å². The summed E-state index contributed by atoms with van der Waals surface area (Å²) in [5.41, 5.74) is 1.35. The Balaban J connectivity index is 1.87. The SMILES string of the molecule is Cc1ncccc1Oc1cncc([C@H]2CCCN2S(C)(=O)=O)n1. The lowest BCUT2D eigenvalue weighted by Gasteiger charge is -2.21. The molecule has 7 nitrogen and oxygen atoms in total. The summed E-state index contributed by atoms with van der Waals surface area (Å²) in [6.45, 7) is 2.35. The molecule has 2 aromatic rings. The number of aromatic nitrogens is 3. The van der Waals surface area contributed by atoms with Crippen LogP contribution in [0.4, 0.5) is 0 Å². The first-order valence-corrected chi connectivity index (χ1v) is 9.18. The Kier molecular flexibility index (Phi) is 4.27. The Morgan fingerprint density at radius 2 is 2.17 bits per heavy atom. The standard InChI is InChI=1S/C15H18N4O3S/c1-11-14(6-3-7-17-11)22-15-10-16-9-12(18-15)13-5-4-8-19(13)23(2,20)21/h3,6-7,9-10,13H,4-5,8H2,1-2H3/t13-/m1/s1. The molecule has 0 unspecified atom stereocenters. The molecule has 0 aromatic carbocycles. The van der Waals surface area contributed by atoms with Crippen LogP contribution < -0.4 is 4.74 Å². The Hall–Kier alpha value is -2.06. The van der Waals surface area contributed by atoms with Gasteiger partial charge in [-0.25, -0.2) is 13.4 Å². The maximum absolute atomic E-state index is 11.9. The fourth-order valence-electron chi connectivity index (χ4n) is 2.69. The number of ether oxygens (including phenoxy) is 1. The van der Waals surface area contributed by atoms with Crippen LogP contribution in [0.2, 0.25) is 0 Å². The van der Waals surface area contributed by atoms with Gasteiger partial charge in [-0.15, -0.1) is 0 Å². The van der Waals surface area contributed by atoms with Crippen LogP contribution in [-0.4, -0.2) is 40.5 Å². The zero-order valence-corrected chi connectivity index (χ0v) is 13.8. The highest BCUT2D eigenvalue weighted by molar-refractivity contribution is 7.88. The normalized spacial score (nSPS) is 19.0. The zero-order chi connectivity index (χ0) is 16.4. The third-order valence-corrected chi connectivity index (χ3v) is 5.06. The van der Waals surface area contributed by atoms with Crippen LogP contribution in [0.3, 0.4) is 0 Å². The van der Waals surface area contributed by atoms with Crippen LogP contribution in [-0.2, 0) is 10.0 Å². The molecular weight excluding hydrogens is 316 g/mol. The molecule has 1 aliphatic heterocycles. The maximum Gasteiger partial charge on any atom is 0.238 e. The molecule has 0 bridgehead atoms. The van der Waals surface area contributed by atoms with Crippen LogP contribution in [0.15, 0.2) is 30.7 Å². The van der Waals surface area contributed by atoms with Gasteiger partial charge in [-0.1, -0.05) is 0 Å². The third kappa shape index (κ3) is 3.48. The van der Waals surface area contributed by atoms with Gasteiger partial charge in [0.05, 0.1) is 36.1 Å². The van der Waals surface area contributed by atoms with Crippen molar-refractivity contribution in [1.82, 2.24) is 19.3 Å². The van der Waals surface area contributed by atoms with Crippen LogP contribution in [0, 0.1) is 6.92 Å². The second-order valence-corrected chi connectivity index (χ2v) is 7.44. The molecule has 0 spiro atoms. The number of aryl methyl sites for hydroxylation is 1. The first-order chi connectivity index (χ1) is 10.9. The molecule has 8 heteroatoms. The monoisotopic (exact) mass is 334 g/mol. The molecule has 23 heavy (non-hydrogen) atoms. The molecule has 0 amide bonds. The van der Waals surface area contributed by atoms with Gasteiger partial charge >= 0.3 is 0 Å². The lowest BCUT2D eigenvalue weighted by molar-refractivity contribution is 0.385. The highest BCUT2D eigenvalue weighted by atomic mass is 32.2. The fraction of sp³-hybridized carbons (Fsp3) is 0.400. The van der Waals surface area contributed by atoms with E-state index in [1.807, 2.05) is 6.92 Å². The van der Waals surface area contributed by atoms with Crippen molar-refractivity contribution in [3.8, 4) is 11.6 Å². The van der Waals surface area contributed by atoms with E-state index in [0.717, 1.165) is 18.5 Å². The van der Waals surface area contributed by atoms with E-state index >= 15 is 0 Å². The van der Waals surface area contributed by atoms with E-state index in [4.69, 9.17) is 4.74 Å². The van der Waals surface area contributed by atoms with Crippen LogP contribution in [0.25, 0.3) is 0 Å². The topological polar surface area (TPSA) is 85.3 Å². The van der Waals surface area contributed by atoms with Gasteiger partial charge in [0, 0.05) is 12.7 Å². The van der Waals surface area contributed by atoms with E-state index in [-0.39, 0.29) is 6.04 Å². The van der Waals surface area contributed by atoms with Crippen molar-refractivity contribution in [3.63, 3.8) is 0 Å². The molecule has 2 aromatic heterocycles. The van der Waals surface area contributed by atoms with Crippen molar-refractivity contribution >= 4 is 10.0 Å². The molecule has 0 radical (unpaired) electrons. The second kappa shape index (κ2) is 6.21. The van der Waals surface area contributed by atoms with Gasteiger partial charge in [0.25, 0.3) is 0 Å². The van der Waals surface area contributed by atoms with Crippen molar-refractivity contribution in [3.05, 3.63) is 42.1 Å². The van der Waals surface area contributed by atoms with Gasteiger partial charge in [0.1, 0.15) is 0 Å². The van der Waals surface area contributed by atoms with Gasteiger partial charge in [-0.2, -0.15) is 4.31 Å². The summed E-state index contributed by atoms with van der Waals surface area (Å²) >= 11 is 0. The highest BCUT2D eigenvalue weighted by Gasteiger charge is 2.33. The van der Waals surface area contributed by atoms with Crippen LogP contribution >= 0.6 is 0 Å². The number of hydrogen-bond acceptors (Lipinski definition) is 6. The quantitative estimate of drug-likeness (QED) is 0.851. The third-order valence-electron chi connectivity index (χ3n) is 3.78. The van der Waals surface area contributed by atoms with Gasteiger partial charge < -0.3 is 4.74 Å². The van der Waals surface area contributed by atoms with Gasteiger partial charge in [-0.05, 0) is 31.9 Å². The summed E-state index contributed by atoms with van der Waals surface area (Å²) in [6.07, 6.45) is 7.56. The Labute approximate surface area is 135 Å². The number of rotatable bonds is 4. The molecule has 1 aliphatic rings. The summed E-state index contributed by atoms with van der Waals surface area (Å²) < 4.78 is 30.9. The van der Waals surface area contributed by atoms with Crippen molar-refractivity contribution in [2.24, 2.45) is 0 Å². The highest BCUT2D eigenvalue weighted by Crippen LogP contribution is 2.33. The minimum Gasteiger partial charge on any atom is -0.436 e. The Morgan fingerprint density at radius 1 is 1.35 bits per heavy atom. The van der Waals surface area contributed by atoms with Crippen molar-refractivity contribution < 1.29 is 13.2 Å². The molecule has 1 fully saturated rings. The summed E-state index contributed by atoms with van der Waals surface area (Å²) in [4.78, 5) is 12.7. The predicted octanol–water partition coefficient (Wildman–Crippen LogP) is 2.07. The summed E-state index contributed by atoms with van der Waals surface area (Å²) in [5.74, 6) is 0.935. The zero-order valence-electron chi connectivity index (χ0n) is 13.0. The van der Waals surface area contributed by atoms with Crippen LogP contribution in [0.5, 0.6) is 11.6 Å². The molecule has 0 aliphatic carbocycles. The minimum atomic E-state index is -3.26. The molecule has 3 heterocycles. The number of pyridine rings is 1. The van der Waals surface area contributed by atoms with Crippen molar-refractivity contribution in [1.29, 1.82) is 0 Å². The molecule has 3 rings (SSSR count). The van der Waals surface area contributed by atoms with Gasteiger partial charge in [-0.3, -0.25) is 9.97 Å². The largest absolute Gasteiger partial charge is 0.436 e.